The van der Waals surface area contributed by atoms with E-state index in [2.05, 4.69) is 17.9 Å². The van der Waals surface area contributed by atoms with Gasteiger partial charge in [0, 0.05) is 13.0 Å². The molecule has 0 radical (unpaired) electrons. The Hall–Kier alpha value is -0.750. The first-order chi connectivity index (χ1) is 14.1. The van der Waals surface area contributed by atoms with Crippen molar-refractivity contribution in [2.24, 2.45) is 5.73 Å². The molecule has 0 bridgehead atoms. The first kappa shape index (κ1) is 28.2. The zero-order valence-corrected chi connectivity index (χ0v) is 19.4. The second-order valence-corrected chi connectivity index (χ2v) is 8.66. The number of carboxylic acid groups (broad SMARTS) is 1. The van der Waals surface area contributed by atoms with E-state index in [4.69, 9.17) is 10.8 Å². The number of carbonyl (C=O) groups is 2. The highest BCUT2D eigenvalue weighted by Crippen LogP contribution is 2.14. The normalized spacial score (nSPS) is 12.1. The number of hydrogen-bond acceptors (Lipinski definition) is 4. The number of hydrogen-bond donors (Lipinski definition) is 4. The van der Waals surface area contributed by atoms with Gasteiger partial charge < -0.3 is 16.2 Å². The van der Waals surface area contributed by atoms with Gasteiger partial charge in [0.25, 0.3) is 0 Å². The van der Waals surface area contributed by atoms with Crippen LogP contribution >= 0.6 is 12.6 Å². The van der Waals surface area contributed by atoms with Crippen LogP contribution in [0.15, 0.2) is 0 Å². The fourth-order valence-corrected chi connectivity index (χ4v) is 3.77. The molecule has 0 aliphatic rings. The van der Waals surface area contributed by atoms with Crippen molar-refractivity contribution in [3.8, 4) is 0 Å². The minimum Gasteiger partial charge on any atom is -0.481 e. The highest BCUT2D eigenvalue weighted by Gasteiger charge is 2.10. The lowest BCUT2D eigenvalue weighted by molar-refractivity contribution is -0.137. The summed E-state index contributed by atoms with van der Waals surface area (Å²) in [4.78, 5) is 22.0. The van der Waals surface area contributed by atoms with E-state index in [-0.39, 0.29) is 5.91 Å². The predicted octanol–water partition coefficient (Wildman–Crippen LogP) is 5.47. The van der Waals surface area contributed by atoms with Crippen LogP contribution in [0.3, 0.4) is 0 Å². The number of rotatable bonds is 22. The van der Waals surface area contributed by atoms with Gasteiger partial charge in [-0.3, -0.25) is 9.59 Å². The molecule has 0 saturated carbocycles. The minimum absolute atomic E-state index is 0.0465. The van der Waals surface area contributed by atoms with E-state index < -0.39 is 12.0 Å². The maximum Gasteiger partial charge on any atom is 0.303 e. The van der Waals surface area contributed by atoms with Gasteiger partial charge in [0.05, 0.1) is 6.04 Å². The van der Waals surface area contributed by atoms with E-state index in [1.165, 1.54) is 83.5 Å². The van der Waals surface area contributed by atoms with Gasteiger partial charge in [0.1, 0.15) is 0 Å². The van der Waals surface area contributed by atoms with E-state index in [0.29, 0.717) is 18.6 Å². The van der Waals surface area contributed by atoms with E-state index >= 15 is 0 Å². The zero-order chi connectivity index (χ0) is 21.6. The van der Waals surface area contributed by atoms with E-state index in [9.17, 15) is 9.59 Å². The molecule has 0 aliphatic carbocycles. The van der Waals surface area contributed by atoms with Gasteiger partial charge in [0.15, 0.2) is 0 Å². The standard InChI is InChI=1S/C23H46N2O3S/c24-21(18-20-29)23(28)25-19-16-14-12-10-8-6-4-2-1-3-5-7-9-11-13-15-17-22(26)27/h21,29H,1-20,24H2,(H,25,28)(H,26,27). The molecule has 0 aromatic heterocycles. The Balaban J connectivity index is 3.13. The molecule has 1 unspecified atom stereocenters. The Morgan fingerprint density at radius 2 is 1.10 bits per heavy atom. The predicted molar refractivity (Wildman–Crippen MR) is 126 cm³/mol. The molecule has 0 aromatic carbocycles. The Labute approximate surface area is 184 Å². The number of unbranched alkanes of at least 4 members (excludes halogenated alkanes) is 15. The number of amides is 1. The van der Waals surface area contributed by atoms with Crippen molar-refractivity contribution in [3.63, 3.8) is 0 Å². The third-order valence-electron chi connectivity index (χ3n) is 5.39. The molecule has 0 spiro atoms. The number of nitrogens with one attached hydrogen (secondary N) is 1. The van der Waals surface area contributed by atoms with Gasteiger partial charge in [0.2, 0.25) is 5.91 Å². The molecule has 4 N–H and O–H groups in total. The van der Waals surface area contributed by atoms with Crippen LogP contribution in [0.2, 0.25) is 0 Å². The third-order valence-corrected chi connectivity index (χ3v) is 5.65. The third kappa shape index (κ3) is 21.8. The van der Waals surface area contributed by atoms with Crippen LogP contribution < -0.4 is 11.1 Å². The number of thiol groups is 1. The minimum atomic E-state index is -0.670. The summed E-state index contributed by atoms with van der Waals surface area (Å²) in [5.74, 6) is -0.0712. The molecule has 1 atom stereocenters. The van der Waals surface area contributed by atoms with E-state index in [0.717, 1.165) is 25.8 Å². The van der Waals surface area contributed by atoms with Gasteiger partial charge in [-0.25, -0.2) is 0 Å². The lowest BCUT2D eigenvalue weighted by Crippen LogP contribution is -2.41. The van der Waals surface area contributed by atoms with E-state index in [1.54, 1.807) is 0 Å². The molecular formula is C23H46N2O3S. The summed E-state index contributed by atoms with van der Waals surface area (Å²) >= 11 is 4.10. The topological polar surface area (TPSA) is 92.4 Å². The number of nitrogens with two attached hydrogens (primary N) is 1. The summed E-state index contributed by atoms with van der Waals surface area (Å²) in [7, 11) is 0. The fourth-order valence-electron chi connectivity index (χ4n) is 3.49. The van der Waals surface area contributed by atoms with E-state index in [1.807, 2.05) is 0 Å². The van der Waals surface area contributed by atoms with Gasteiger partial charge >= 0.3 is 5.97 Å². The molecule has 1 amide bonds. The highest BCUT2D eigenvalue weighted by atomic mass is 32.1. The van der Waals surface area contributed by atoms with Gasteiger partial charge in [-0.05, 0) is 25.0 Å². The molecule has 0 aliphatic heterocycles. The average molecular weight is 431 g/mol. The van der Waals surface area contributed by atoms with Crippen LogP contribution in [-0.2, 0) is 9.59 Å². The van der Waals surface area contributed by atoms with Gasteiger partial charge in [-0.2, -0.15) is 12.6 Å². The summed E-state index contributed by atoms with van der Waals surface area (Å²) in [6.45, 7) is 0.738. The number of carboxylic acids is 1. The first-order valence-corrected chi connectivity index (χ1v) is 12.6. The largest absolute Gasteiger partial charge is 0.481 e. The molecule has 5 nitrogen and oxygen atoms in total. The summed E-state index contributed by atoms with van der Waals surface area (Å²) < 4.78 is 0. The maximum atomic E-state index is 11.6. The molecule has 6 heteroatoms. The van der Waals surface area contributed by atoms with Crippen LogP contribution in [0.1, 0.15) is 116 Å². The Kier molecular flexibility index (Phi) is 21.4. The lowest BCUT2D eigenvalue weighted by Gasteiger charge is -2.10. The number of aliphatic carboxylic acids is 1. The molecule has 0 heterocycles. The molecule has 29 heavy (non-hydrogen) atoms. The van der Waals surface area contributed by atoms with Crippen LogP contribution in [0, 0.1) is 0 Å². The van der Waals surface area contributed by atoms with Crippen molar-refractivity contribution in [2.45, 2.75) is 122 Å². The van der Waals surface area contributed by atoms with Crippen LogP contribution in [0.4, 0.5) is 0 Å². The molecule has 172 valence electrons. The second-order valence-electron chi connectivity index (χ2n) is 8.21. The monoisotopic (exact) mass is 430 g/mol. The molecule has 0 rings (SSSR count). The summed E-state index contributed by atoms with van der Waals surface area (Å²) in [6, 6.07) is -0.414. The Morgan fingerprint density at radius 1 is 0.724 bits per heavy atom. The highest BCUT2D eigenvalue weighted by molar-refractivity contribution is 7.80. The number of carbonyl (C=O) groups excluding carboxylic acids is 1. The van der Waals surface area contributed by atoms with Crippen LogP contribution in [0.25, 0.3) is 0 Å². The first-order valence-electron chi connectivity index (χ1n) is 11.9. The van der Waals surface area contributed by atoms with Gasteiger partial charge in [-0.15, -0.1) is 0 Å². The molecule has 0 saturated heterocycles. The summed E-state index contributed by atoms with van der Waals surface area (Å²) in [5, 5.41) is 11.5. The maximum absolute atomic E-state index is 11.6. The van der Waals surface area contributed by atoms with Crippen molar-refractivity contribution >= 4 is 24.5 Å². The Bertz CT molecular complexity index is 394. The SMILES string of the molecule is NC(CCS)C(=O)NCCCCCCCCCCCCCCCCCCC(=O)O. The van der Waals surface area contributed by atoms with Crippen LogP contribution in [-0.4, -0.2) is 35.3 Å². The van der Waals surface area contributed by atoms with Gasteiger partial charge in [-0.1, -0.05) is 89.9 Å². The molecule has 0 fully saturated rings. The lowest BCUT2D eigenvalue weighted by atomic mass is 10.0. The summed E-state index contributed by atoms with van der Waals surface area (Å²) in [6.07, 6.45) is 20.8. The van der Waals surface area contributed by atoms with Crippen molar-refractivity contribution in [1.29, 1.82) is 0 Å². The zero-order valence-electron chi connectivity index (χ0n) is 18.5. The van der Waals surface area contributed by atoms with Crippen molar-refractivity contribution in [2.75, 3.05) is 12.3 Å². The molecule has 0 aromatic rings. The quantitative estimate of drug-likeness (QED) is 0.135. The summed E-state index contributed by atoms with van der Waals surface area (Å²) in [5.41, 5.74) is 5.74. The van der Waals surface area contributed by atoms with Crippen LogP contribution in [0.5, 0.6) is 0 Å². The Morgan fingerprint density at radius 3 is 1.48 bits per heavy atom. The van der Waals surface area contributed by atoms with Crippen molar-refractivity contribution < 1.29 is 14.7 Å². The average Bonchev–Trinajstić information content (AvgIpc) is 2.69. The van der Waals surface area contributed by atoms with Crippen molar-refractivity contribution in [3.05, 3.63) is 0 Å². The smallest absolute Gasteiger partial charge is 0.303 e. The fraction of sp³-hybridized carbons (Fsp3) is 0.913. The van der Waals surface area contributed by atoms with Crippen molar-refractivity contribution in [1.82, 2.24) is 5.32 Å². The molecular weight excluding hydrogens is 384 g/mol. The second kappa shape index (κ2) is 21.9.